The Labute approximate surface area is 155 Å². The average molecular weight is 407 g/mol. The van der Waals surface area contributed by atoms with Gasteiger partial charge in [-0.25, -0.2) is 4.52 Å². The highest BCUT2D eigenvalue weighted by Crippen LogP contribution is 2.30. The fourth-order valence-corrected chi connectivity index (χ4v) is 4.00. The molecule has 0 aliphatic heterocycles. The molecule has 0 saturated carbocycles. The maximum atomic E-state index is 4.77. The van der Waals surface area contributed by atoms with Crippen molar-refractivity contribution in [1.82, 2.24) is 19.6 Å². The summed E-state index contributed by atoms with van der Waals surface area (Å²) in [5.74, 6) is 0.726. The molecule has 25 heavy (non-hydrogen) atoms. The third-order valence-electron chi connectivity index (χ3n) is 4.11. The van der Waals surface area contributed by atoms with Gasteiger partial charge in [-0.05, 0) is 24.3 Å². The van der Waals surface area contributed by atoms with Crippen LogP contribution in [0.25, 0.3) is 38.5 Å². The summed E-state index contributed by atoms with van der Waals surface area (Å²) in [4.78, 5) is 10.0. The molecule has 0 N–H and O–H groups in total. The standard InChI is InChI=1S/C19H11BrN4S/c20-13-7-5-12(6-8-13)17-11-25-19-22-18(23-24(17)19)15-9-10-21-16-4-2-1-3-14(15)16/h1-11H. The topological polar surface area (TPSA) is 43.1 Å². The quantitative estimate of drug-likeness (QED) is 0.392. The second-order valence-electron chi connectivity index (χ2n) is 5.63. The Balaban J connectivity index is 1.70. The van der Waals surface area contributed by atoms with Gasteiger partial charge >= 0.3 is 0 Å². The number of thiazole rings is 1. The molecule has 120 valence electrons. The van der Waals surface area contributed by atoms with E-state index in [9.17, 15) is 0 Å². The largest absolute Gasteiger partial charge is 0.256 e. The second kappa shape index (κ2) is 5.75. The van der Waals surface area contributed by atoms with E-state index >= 15 is 0 Å². The van der Waals surface area contributed by atoms with Crippen LogP contribution in [0.5, 0.6) is 0 Å². The number of hydrogen-bond donors (Lipinski definition) is 0. The summed E-state index contributed by atoms with van der Waals surface area (Å²) in [6.45, 7) is 0. The van der Waals surface area contributed by atoms with Crippen molar-refractivity contribution in [2.45, 2.75) is 0 Å². The monoisotopic (exact) mass is 406 g/mol. The van der Waals surface area contributed by atoms with Crippen LogP contribution in [0, 0.1) is 0 Å². The zero-order valence-corrected chi connectivity index (χ0v) is 15.3. The third kappa shape index (κ3) is 2.45. The number of para-hydroxylation sites is 1. The molecular weight excluding hydrogens is 396 g/mol. The van der Waals surface area contributed by atoms with Gasteiger partial charge in [0.15, 0.2) is 5.82 Å². The molecule has 2 aromatic carbocycles. The van der Waals surface area contributed by atoms with Gasteiger partial charge < -0.3 is 0 Å². The number of hydrogen-bond acceptors (Lipinski definition) is 4. The highest BCUT2D eigenvalue weighted by molar-refractivity contribution is 9.10. The number of benzene rings is 2. The van der Waals surface area contributed by atoms with Crippen molar-refractivity contribution in [3.05, 3.63) is 70.6 Å². The molecule has 0 amide bonds. The second-order valence-corrected chi connectivity index (χ2v) is 7.39. The van der Waals surface area contributed by atoms with E-state index in [1.807, 2.05) is 47.1 Å². The highest BCUT2D eigenvalue weighted by atomic mass is 79.9. The minimum atomic E-state index is 0.726. The third-order valence-corrected chi connectivity index (χ3v) is 5.46. The molecule has 0 unspecified atom stereocenters. The van der Waals surface area contributed by atoms with Gasteiger partial charge in [0.2, 0.25) is 4.96 Å². The summed E-state index contributed by atoms with van der Waals surface area (Å²) < 4.78 is 2.98. The van der Waals surface area contributed by atoms with Gasteiger partial charge in [0.25, 0.3) is 0 Å². The van der Waals surface area contributed by atoms with Crippen molar-refractivity contribution in [2.24, 2.45) is 0 Å². The number of pyridine rings is 1. The zero-order valence-electron chi connectivity index (χ0n) is 12.9. The summed E-state index contributed by atoms with van der Waals surface area (Å²) >= 11 is 5.07. The summed E-state index contributed by atoms with van der Waals surface area (Å²) in [6.07, 6.45) is 1.81. The maximum absolute atomic E-state index is 4.77. The van der Waals surface area contributed by atoms with Gasteiger partial charge in [-0.2, -0.15) is 4.98 Å². The average Bonchev–Trinajstić information content (AvgIpc) is 3.23. The van der Waals surface area contributed by atoms with Gasteiger partial charge in [0.1, 0.15) is 0 Å². The summed E-state index contributed by atoms with van der Waals surface area (Å²) in [5, 5.41) is 7.92. The molecule has 0 radical (unpaired) electrons. The van der Waals surface area contributed by atoms with Crippen LogP contribution in [-0.2, 0) is 0 Å². The molecule has 0 saturated heterocycles. The molecule has 0 bridgehead atoms. The summed E-state index contributed by atoms with van der Waals surface area (Å²) in [6, 6.07) is 18.3. The van der Waals surface area contributed by atoms with Crippen molar-refractivity contribution in [2.75, 3.05) is 0 Å². The number of nitrogens with zero attached hydrogens (tertiary/aromatic N) is 4. The van der Waals surface area contributed by atoms with Crippen molar-refractivity contribution in [3.63, 3.8) is 0 Å². The molecule has 0 spiro atoms. The SMILES string of the molecule is Brc1ccc(-c2csc3nc(-c4ccnc5ccccc45)nn23)cc1. The Morgan fingerprint density at radius 3 is 2.68 bits per heavy atom. The summed E-state index contributed by atoms with van der Waals surface area (Å²) in [7, 11) is 0. The molecule has 3 aromatic heterocycles. The first-order chi connectivity index (χ1) is 12.3. The molecule has 6 heteroatoms. The highest BCUT2D eigenvalue weighted by Gasteiger charge is 2.14. The Kier molecular flexibility index (Phi) is 3.39. The van der Waals surface area contributed by atoms with Crippen molar-refractivity contribution in [3.8, 4) is 22.6 Å². The van der Waals surface area contributed by atoms with E-state index in [1.54, 1.807) is 11.3 Å². The van der Waals surface area contributed by atoms with Crippen molar-refractivity contribution < 1.29 is 0 Å². The van der Waals surface area contributed by atoms with Gasteiger partial charge in [-0.1, -0.05) is 46.3 Å². The maximum Gasteiger partial charge on any atom is 0.213 e. The molecule has 5 rings (SSSR count). The van der Waals surface area contributed by atoms with Crippen LogP contribution in [0.2, 0.25) is 0 Å². The first-order valence-electron chi connectivity index (χ1n) is 7.74. The lowest BCUT2D eigenvalue weighted by Gasteiger charge is -2.02. The Hall–Kier alpha value is -2.57. The first kappa shape index (κ1) is 14.7. The predicted molar refractivity (Wildman–Crippen MR) is 105 cm³/mol. The number of aromatic nitrogens is 4. The summed E-state index contributed by atoms with van der Waals surface area (Å²) in [5.41, 5.74) is 4.12. The Morgan fingerprint density at radius 1 is 0.960 bits per heavy atom. The van der Waals surface area contributed by atoms with E-state index in [0.29, 0.717) is 0 Å². The minimum Gasteiger partial charge on any atom is -0.256 e. The van der Waals surface area contributed by atoms with Crippen LogP contribution in [0.1, 0.15) is 0 Å². The molecule has 0 atom stereocenters. The first-order valence-corrected chi connectivity index (χ1v) is 9.41. The smallest absolute Gasteiger partial charge is 0.213 e. The van der Waals surface area contributed by atoms with Gasteiger partial charge in [-0.3, -0.25) is 4.98 Å². The molecule has 5 aromatic rings. The van der Waals surface area contributed by atoms with E-state index in [2.05, 4.69) is 44.5 Å². The molecule has 0 aliphatic carbocycles. The zero-order chi connectivity index (χ0) is 16.8. The van der Waals surface area contributed by atoms with Crippen LogP contribution in [0.3, 0.4) is 0 Å². The Morgan fingerprint density at radius 2 is 1.80 bits per heavy atom. The van der Waals surface area contributed by atoms with E-state index < -0.39 is 0 Å². The molecular formula is C19H11BrN4S. The fourth-order valence-electron chi connectivity index (χ4n) is 2.91. The van der Waals surface area contributed by atoms with Crippen LogP contribution in [0.4, 0.5) is 0 Å². The molecule has 0 fully saturated rings. The number of halogens is 1. The Bertz CT molecular complexity index is 1200. The number of fused-ring (bicyclic) bond motifs is 2. The van der Waals surface area contributed by atoms with Crippen molar-refractivity contribution in [1.29, 1.82) is 0 Å². The molecule has 4 nitrogen and oxygen atoms in total. The van der Waals surface area contributed by atoms with Crippen LogP contribution < -0.4 is 0 Å². The molecule has 0 aliphatic rings. The van der Waals surface area contributed by atoms with Crippen LogP contribution >= 0.6 is 27.3 Å². The molecule has 3 heterocycles. The lowest BCUT2D eigenvalue weighted by Crippen LogP contribution is -1.90. The predicted octanol–water partition coefficient (Wildman–Crippen LogP) is 5.44. The van der Waals surface area contributed by atoms with Crippen molar-refractivity contribution >= 4 is 43.1 Å². The number of rotatable bonds is 2. The van der Waals surface area contributed by atoms with Gasteiger partial charge in [0, 0.05) is 32.6 Å². The lowest BCUT2D eigenvalue weighted by molar-refractivity contribution is 0.990. The van der Waals surface area contributed by atoms with Crippen LogP contribution in [-0.4, -0.2) is 19.6 Å². The van der Waals surface area contributed by atoms with E-state index in [-0.39, 0.29) is 0 Å². The van der Waals surface area contributed by atoms with E-state index in [1.165, 1.54) is 0 Å². The van der Waals surface area contributed by atoms with Gasteiger partial charge in [-0.15, -0.1) is 16.4 Å². The minimum absolute atomic E-state index is 0.726. The fraction of sp³-hybridized carbons (Fsp3) is 0. The van der Waals surface area contributed by atoms with Crippen LogP contribution in [0.15, 0.2) is 70.6 Å². The van der Waals surface area contributed by atoms with E-state index in [0.717, 1.165) is 43.0 Å². The van der Waals surface area contributed by atoms with Gasteiger partial charge in [0.05, 0.1) is 11.2 Å². The van der Waals surface area contributed by atoms with E-state index in [4.69, 9.17) is 10.1 Å². The normalized spacial score (nSPS) is 11.4. The lowest BCUT2D eigenvalue weighted by atomic mass is 10.1.